The van der Waals surface area contributed by atoms with Crippen molar-refractivity contribution in [2.75, 3.05) is 63.8 Å². The number of hydrogen-bond acceptors (Lipinski definition) is 20. The van der Waals surface area contributed by atoms with Crippen LogP contribution in [0.1, 0.15) is 122 Å². The molecule has 40 heteroatoms. The summed E-state index contributed by atoms with van der Waals surface area (Å²) >= 11 is 0. The van der Waals surface area contributed by atoms with Crippen molar-refractivity contribution in [3.05, 3.63) is 421 Å². The van der Waals surface area contributed by atoms with Gasteiger partial charge in [-0.25, -0.2) is 47.5 Å². The van der Waals surface area contributed by atoms with Gasteiger partial charge >= 0.3 is 71.5 Å². The highest BCUT2D eigenvalue weighted by Gasteiger charge is 2.29. The SMILES string of the molecule is CC(Cc1ccccc1)[n+]1cc(NC(=O)Nc2ccccc2)on1.CC(Cc1ccccc1)[n+]1cc(NC(=O)Nc2ccccc2F)on1.CC(Cc1ccccc1)[n+]1cc(NC(=O)Nc2ccccn2)on1.CC(Cc1ccccc1)[n+]1cc(NC(=O)Nc2ccccn2)on1.Cc1ccc(NC(=O)Nc2c[n+](C(C)Cc3ccccc3)no2)c(F)c1.Cc1ccc(NC(=O)Nc2c[n+](C(C)Cc3ccccc3)no2)cc1. The Morgan fingerprint density at radius 3 is 0.736 bits per heavy atom. The summed E-state index contributed by atoms with van der Waals surface area (Å²) < 4.78 is 68.2. The van der Waals surface area contributed by atoms with E-state index in [2.05, 4.69) is 154 Å². The molecular formula is C108H114F2N26O12+6. The lowest BCUT2D eigenvalue weighted by molar-refractivity contribution is -0.782. The number of halogens is 2. The Kier molecular flexibility index (Phi) is 39.7. The number of para-hydroxylation sites is 2. The average molecular weight is 2010 g/mol. The molecule has 0 radical (unpaired) electrons. The van der Waals surface area contributed by atoms with Crippen molar-refractivity contribution in [1.82, 2.24) is 41.6 Å². The molecule has 18 aromatic rings. The molecule has 6 unspecified atom stereocenters. The van der Waals surface area contributed by atoms with Crippen LogP contribution in [-0.4, -0.2) is 77.8 Å². The Hall–Kier alpha value is -19.2. The van der Waals surface area contributed by atoms with Crippen LogP contribution in [0.15, 0.2) is 392 Å². The monoisotopic (exact) mass is 2000 g/mol. The molecule has 0 saturated carbocycles. The zero-order valence-electron chi connectivity index (χ0n) is 82.3. The maximum absolute atomic E-state index is 13.8. The van der Waals surface area contributed by atoms with Crippen molar-refractivity contribution < 1.29 is 92.8 Å². The van der Waals surface area contributed by atoms with E-state index in [-0.39, 0.29) is 83.2 Å². The molecule has 8 aromatic heterocycles. The Bertz CT molecular complexity index is 6810. The molecule has 0 aliphatic heterocycles. The molecular weight excluding hydrogens is 1890 g/mol. The molecule has 6 atom stereocenters. The smallest absolute Gasteiger partial charge is 0.308 e. The van der Waals surface area contributed by atoms with E-state index in [1.165, 1.54) is 57.6 Å². The lowest BCUT2D eigenvalue weighted by atomic mass is 10.1. The highest BCUT2D eigenvalue weighted by atomic mass is 19.1. The maximum Gasteiger partial charge on any atom is 0.327 e. The van der Waals surface area contributed by atoms with Gasteiger partial charge < -0.3 is 21.3 Å². The largest absolute Gasteiger partial charge is 0.327 e. The number of amides is 12. The van der Waals surface area contributed by atoms with Crippen LogP contribution in [0, 0.1) is 25.5 Å². The first-order valence-corrected chi connectivity index (χ1v) is 47.3. The molecule has 12 N–H and O–H groups in total. The minimum Gasteiger partial charge on any atom is -0.308 e. The Labute approximate surface area is 850 Å². The topological polar surface area (TPSA) is 452 Å². The highest BCUT2D eigenvalue weighted by Crippen LogP contribution is 2.23. The summed E-state index contributed by atoms with van der Waals surface area (Å²) in [6.45, 7) is 15.9. The summed E-state index contributed by atoms with van der Waals surface area (Å²) in [5.74, 6) is 1.38. The molecule has 12 amide bonds. The summed E-state index contributed by atoms with van der Waals surface area (Å²) in [6.07, 6.45) is 17.9. The summed E-state index contributed by atoms with van der Waals surface area (Å²) in [7, 11) is 0. The maximum atomic E-state index is 13.8. The second-order valence-electron chi connectivity index (χ2n) is 34.1. The Balaban J connectivity index is 0.000000148. The van der Waals surface area contributed by atoms with Crippen molar-refractivity contribution in [2.45, 2.75) is 130 Å². The second kappa shape index (κ2) is 55.3. The third-order valence-electron chi connectivity index (χ3n) is 21.9. The first-order chi connectivity index (χ1) is 71.8. The lowest BCUT2D eigenvalue weighted by Crippen LogP contribution is -2.40. The summed E-state index contributed by atoms with van der Waals surface area (Å²) in [5.41, 5.74) is 10.7. The third-order valence-corrected chi connectivity index (χ3v) is 21.9. The first kappa shape index (κ1) is 106. The number of nitrogens with one attached hydrogen (secondary N) is 12. The lowest BCUT2D eigenvalue weighted by Gasteiger charge is -2.06. The summed E-state index contributed by atoms with van der Waals surface area (Å²) in [6, 6.07) is 96.1. The van der Waals surface area contributed by atoms with Gasteiger partial charge in [-0.3, -0.25) is 69.7 Å². The van der Waals surface area contributed by atoms with Crippen molar-refractivity contribution in [1.29, 1.82) is 0 Å². The number of aryl methyl sites for hydroxylation is 2. The highest BCUT2D eigenvalue weighted by molar-refractivity contribution is 6.01. The number of aromatic nitrogens is 14. The molecule has 0 fully saturated rings. The van der Waals surface area contributed by atoms with Gasteiger partial charge in [0.05, 0.1) is 11.4 Å². The molecule has 0 spiro atoms. The number of nitrogens with zero attached hydrogens (tertiary/aromatic N) is 14. The molecule has 10 aromatic carbocycles. The fourth-order valence-electron chi connectivity index (χ4n) is 14.3. The van der Waals surface area contributed by atoms with Gasteiger partial charge in [0.25, 0.3) is 37.2 Å². The summed E-state index contributed by atoms with van der Waals surface area (Å²) in [4.78, 5) is 79.7. The van der Waals surface area contributed by atoms with Gasteiger partial charge in [0.1, 0.15) is 23.3 Å². The second-order valence-corrected chi connectivity index (χ2v) is 34.1. The Morgan fingerprint density at radius 1 is 0.243 bits per heavy atom. The van der Waals surface area contributed by atoms with Crippen LogP contribution in [0.25, 0.3) is 0 Å². The third kappa shape index (κ3) is 35.8. The van der Waals surface area contributed by atoms with Crippen LogP contribution < -0.4 is 91.9 Å². The van der Waals surface area contributed by atoms with E-state index < -0.39 is 35.8 Å². The zero-order chi connectivity index (χ0) is 104. The quantitative estimate of drug-likeness (QED) is 0.0186. The number of hydrogen-bond donors (Lipinski definition) is 12. The minimum atomic E-state index is -0.607. The number of carbonyl (C=O) groups excluding carboxylic acids is 6. The predicted octanol–water partition coefficient (Wildman–Crippen LogP) is 20.1. The molecule has 0 bridgehead atoms. The van der Waals surface area contributed by atoms with E-state index in [9.17, 15) is 37.5 Å². The molecule has 148 heavy (non-hydrogen) atoms. The number of pyridine rings is 2. The zero-order valence-corrected chi connectivity index (χ0v) is 82.3. The number of carbonyl (C=O) groups is 6. The number of anilines is 12. The normalized spacial score (nSPS) is 11.7. The molecule has 756 valence electrons. The van der Waals surface area contributed by atoms with E-state index in [4.69, 9.17) is 27.1 Å². The van der Waals surface area contributed by atoms with Crippen molar-refractivity contribution in [3.63, 3.8) is 0 Å². The number of rotatable bonds is 30. The standard InChI is InChI=1S/C19H19FN4O2.C19H20N4O2.C18H17FN4O2.C18H18N4O2.2C17H17N5O2/c1-13-8-9-17(16(20)10-13)21-19(25)22-18-12-24(23-26-18)14(2)11-15-6-4-3-5-7-15;1-14-8-10-17(11-9-14)20-19(24)21-18-13-23(22-25-18)15(2)12-16-6-4-3-5-7-16;1-13(11-14-7-3-2-4-8-14)23-12-17(25-22-23)21-18(24)20-16-10-6-5-9-15(16)19;1-14(12-15-8-4-2-5-9-15)22-13-17(24-21-22)20-18(23)19-16-10-6-3-7-11-16;2*1-13(11-14-7-3-2-4-8-14)22-12-16(24-21-22)20-17(23)19-15-9-5-6-10-18-15/h3-10,12,14H,11H2,1-2H3,(H-,21,22,23,25);3-11,13,15H,12H2,1-2H3,(H-,20,21,22,24);2-10,12-13H,11H2,1H3,(H-,20,21,22,24);2-11,13-14H,12H2,1H3,(H-,19,20,21,23);2*2-10,12-13H,11H2,1H3,(H-,18,19,20,21,23)/p+6. The van der Waals surface area contributed by atoms with Crippen molar-refractivity contribution >= 4 is 106 Å². The first-order valence-electron chi connectivity index (χ1n) is 47.3. The van der Waals surface area contributed by atoms with Gasteiger partial charge in [0.2, 0.25) is 31.6 Å². The fourth-order valence-corrected chi connectivity index (χ4v) is 14.3. The van der Waals surface area contributed by atoms with Gasteiger partial charge in [0.15, 0.2) is 36.3 Å². The molecule has 0 aliphatic carbocycles. The van der Waals surface area contributed by atoms with Gasteiger partial charge in [-0.1, -0.05) is 248 Å². The van der Waals surface area contributed by atoms with Crippen LogP contribution in [-0.2, 0) is 38.5 Å². The van der Waals surface area contributed by atoms with Crippen molar-refractivity contribution in [2.24, 2.45) is 0 Å². The van der Waals surface area contributed by atoms with Crippen LogP contribution in [0.5, 0.6) is 0 Å². The predicted molar refractivity (Wildman–Crippen MR) is 549 cm³/mol. The van der Waals surface area contributed by atoms with E-state index in [0.29, 0.717) is 34.8 Å². The minimum absolute atomic E-state index is 0.0503. The average Bonchev–Trinajstić information content (AvgIpc) is 1.83. The number of urea groups is 6. The van der Waals surface area contributed by atoms with Gasteiger partial charge in [-0.15, -0.1) is 0 Å². The number of benzene rings is 10. The van der Waals surface area contributed by atoms with Crippen LogP contribution >= 0.6 is 0 Å². The van der Waals surface area contributed by atoms with Gasteiger partial charge in [-0.2, -0.15) is 0 Å². The van der Waals surface area contributed by atoms with E-state index in [0.717, 1.165) is 49.7 Å². The molecule has 0 saturated heterocycles. The Morgan fingerprint density at radius 2 is 0.473 bits per heavy atom. The van der Waals surface area contributed by atoms with E-state index in [1.54, 1.807) is 139 Å². The van der Waals surface area contributed by atoms with Gasteiger partial charge in [-0.05, 0) is 154 Å². The summed E-state index contributed by atoms with van der Waals surface area (Å²) in [5, 5.41) is 54.7. The molecule has 8 heterocycles. The molecule has 18 rings (SSSR count). The van der Waals surface area contributed by atoms with Crippen LogP contribution in [0.4, 0.5) is 107 Å². The molecule has 38 nitrogen and oxygen atoms in total. The van der Waals surface area contributed by atoms with Crippen molar-refractivity contribution in [3.8, 4) is 0 Å². The van der Waals surface area contributed by atoms with Gasteiger partial charge in [0, 0.05) is 104 Å². The molecule has 0 aliphatic rings. The fraction of sp³-hybridized carbons (Fsp3) is 0.185. The van der Waals surface area contributed by atoms with Crippen LogP contribution in [0.3, 0.4) is 0 Å². The van der Waals surface area contributed by atoms with E-state index >= 15 is 0 Å². The van der Waals surface area contributed by atoms with E-state index in [1.807, 2.05) is 237 Å². The van der Waals surface area contributed by atoms with Crippen LogP contribution in [0.2, 0.25) is 0 Å².